The molecule has 1 aliphatic heterocycles. The number of hydrogen-bond donors (Lipinski definition) is 1. The molecule has 1 saturated heterocycles. The summed E-state index contributed by atoms with van der Waals surface area (Å²) in [5.41, 5.74) is 0.958. The van der Waals surface area contributed by atoms with Crippen LogP contribution in [-0.4, -0.2) is 18.1 Å². The zero-order valence-corrected chi connectivity index (χ0v) is 7.86. The summed E-state index contributed by atoms with van der Waals surface area (Å²) in [6, 6.07) is 1.74. The lowest BCUT2D eigenvalue weighted by molar-refractivity contribution is 0.440. The third-order valence-corrected chi connectivity index (χ3v) is 2.51. The molecule has 0 unspecified atom stereocenters. The molecule has 0 aliphatic carbocycles. The number of halogens is 2. The quantitative estimate of drug-likeness (QED) is 0.755. The first-order valence-electron chi connectivity index (χ1n) is 3.79. The molecule has 0 radical (unpaired) electrons. The highest BCUT2D eigenvalue weighted by atomic mass is 35.5. The minimum atomic E-state index is 0.467. The first-order valence-corrected chi connectivity index (χ1v) is 4.54. The van der Waals surface area contributed by atoms with Crippen molar-refractivity contribution < 1.29 is 0 Å². The summed E-state index contributed by atoms with van der Waals surface area (Å²) in [5, 5.41) is 4.44. The Morgan fingerprint density at radius 3 is 2.67 bits per heavy atom. The van der Waals surface area contributed by atoms with Gasteiger partial charge >= 0.3 is 0 Å². The van der Waals surface area contributed by atoms with Crippen LogP contribution in [0.1, 0.15) is 11.6 Å². The van der Waals surface area contributed by atoms with E-state index < -0.39 is 0 Å². The highest BCUT2D eigenvalue weighted by molar-refractivity contribution is 6.34. The van der Waals surface area contributed by atoms with E-state index in [-0.39, 0.29) is 0 Å². The second kappa shape index (κ2) is 3.21. The summed E-state index contributed by atoms with van der Waals surface area (Å²) in [5.74, 6) is 0.467. The smallest absolute Gasteiger partial charge is 0.0647 e. The number of nitrogens with one attached hydrogen (secondary N) is 1. The lowest BCUT2D eigenvalue weighted by Crippen LogP contribution is -2.40. The Kier molecular flexibility index (Phi) is 2.22. The van der Waals surface area contributed by atoms with Crippen molar-refractivity contribution in [3.8, 4) is 0 Å². The van der Waals surface area contributed by atoms with Crippen LogP contribution in [0, 0.1) is 0 Å². The van der Waals surface area contributed by atoms with Gasteiger partial charge in [0.05, 0.1) is 15.7 Å². The molecule has 0 aromatic carbocycles. The minimum Gasteiger partial charge on any atom is -0.315 e. The Morgan fingerprint density at radius 1 is 1.42 bits per heavy atom. The van der Waals surface area contributed by atoms with Crippen LogP contribution in [0.25, 0.3) is 0 Å². The van der Waals surface area contributed by atoms with Gasteiger partial charge in [0, 0.05) is 25.2 Å². The molecule has 12 heavy (non-hydrogen) atoms. The van der Waals surface area contributed by atoms with Crippen molar-refractivity contribution in [2.24, 2.45) is 0 Å². The first-order chi connectivity index (χ1) is 5.77. The third kappa shape index (κ3) is 1.42. The van der Waals surface area contributed by atoms with E-state index >= 15 is 0 Å². The van der Waals surface area contributed by atoms with Crippen LogP contribution in [-0.2, 0) is 0 Å². The Balaban J connectivity index is 2.31. The molecule has 0 bridgehead atoms. The van der Waals surface area contributed by atoms with Crippen molar-refractivity contribution in [2.75, 3.05) is 13.1 Å². The summed E-state index contributed by atoms with van der Waals surface area (Å²) in [6.45, 7) is 1.93. The van der Waals surface area contributed by atoms with E-state index in [0.29, 0.717) is 16.0 Å². The fourth-order valence-electron chi connectivity index (χ4n) is 1.21. The molecule has 0 saturated carbocycles. The lowest BCUT2D eigenvalue weighted by atomic mass is 9.99. The van der Waals surface area contributed by atoms with Crippen molar-refractivity contribution in [3.05, 3.63) is 28.0 Å². The molecule has 1 N–H and O–H groups in total. The maximum absolute atomic E-state index is 5.96. The molecule has 2 rings (SSSR count). The van der Waals surface area contributed by atoms with E-state index in [4.69, 9.17) is 23.2 Å². The zero-order chi connectivity index (χ0) is 8.55. The Hall–Kier alpha value is -0.310. The number of rotatable bonds is 1. The van der Waals surface area contributed by atoms with Crippen molar-refractivity contribution in [2.45, 2.75) is 5.92 Å². The zero-order valence-electron chi connectivity index (χ0n) is 6.35. The lowest BCUT2D eigenvalue weighted by Gasteiger charge is -2.27. The molecule has 1 aromatic rings. The Morgan fingerprint density at radius 2 is 2.17 bits per heavy atom. The molecule has 2 nitrogen and oxygen atoms in total. The van der Waals surface area contributed by atoms with Crippen LogP contribution in [0.4, 0.5) is 0 Å². The second-order valence-electron chi connectivity index (χ2n) is 2.88. The van der Waals surface area contributed by atoms with Crippen LogP contribution in [0.2, 0.25) is 10.0 Å². The highest BCUT2D eigenvalue weighted by Crippen LogP contribution is 2.26. The first kappa shape index (κ1) is 8.30. The molecule has 0 spiro atoms. The molecule has 1 aliphatic rings. The van der Waals surface area contributed by atoms with Crippen molar-refractivity contribution in [1.29, 1.82) is 0 Å². The van der Waals surface area contributed by atoms with Gasteiger partial charge in [-0.25, -0.2) is 0 Å². The molecule has 1 aromatic heterocycles. The summed E-state index contributed by atoms with van der Waals surface area (Å²) in [6.07, 6.45) is 1.64. The normalized spacial score (nSPS) is 17.5. The van der Waals surface area contributed by atoms with E-state index in [0.717, 1.165) is 18.8 Å². The average molecular weight is 203 g/mol. The predicted molar refractivity (Wildman–Crippen MR) is 49.9 cm³/mol. The predicted octanol–water partition coefficient (Wildman–Crippen LogP) is 2.08. The van der Waals surface area contributed by atoms with Crippen LogP contribution in [0.5, 0.6) is 0 Å². The second-order valence-corrected chi connectivity index (χ2v) is 3.72. The van der Waals surface area contributed by atoms with E-state index in [9.17, 15) is 0 Å². The summed E-state index contributed by atoms with van der Waals surface area (Å²) in [4.78, 5) is 4.20. The molecule has 4 heteroatoms. The maximum atomic E-state index is 5.96. The van der Waals surface area contributed by atoms with Gasteiger partial charge < -0.3 is 5.32 Å². The summed E-state index contributed by atoms with van der Waals surface area (Å²) < 4.78 is 0. The van der Waals surface area contributed by atoms with E-state index in [1.165, 1.54) is 0 Å². The van der Waals surface area contributed by atoms with E-state index in [1.807, 2.05) is 0 Å². The van der Waals surface area contributed by atoms with Gasteiger partial charge in [0.1, 0.15) is 0 Å². The monoisotopic (exact) mass is 202 g/mol. The van der Waals surface area contributed by atoms with Gasteiger partial charge in [0.15, 0.2) is 0 Å². The molecule has 0 amide bonds. The van der Waals surface area contributed by atoms with Gasteiger partial charge in [-0.3, -0.25) is 4.98 Å². The van der Waals surface area contributed by atoms with Crippen molar-refractivity contribution in [3.63, 3.8) is 0 Å². The van der Waals surface area contributed by atoms with Crippen LogP contribution >= 0.6 is 23.2 Å². The SMILES string of the molecule is Clc1cnc(C2CNC2)c(Cl)c1. The van der Waals surface area contributed by atoms with Gasteiger partial charge in [0.2, 0.25) is 0 Å². The molecule has 1 fully saturated rings. The number of pyridine rings is 1. The van der Waals surface area contributed by atoms with E-state index in [2.05, 4.69) is 10.3 Å². The molecule has 2 heterocycles. The van der Waals surface area contributed by atoms with Crippen molar-refractivity contribution >= 4 is 23.2 Å². The molecule has 64 valence electrons. The number of hydrogen-bond acceptors (Lipinski definition) is 2. The topological polar surface area (TPSA) is 24.9 Å². The fraction of sp³-hybridized carbons (Fsp3) is 0.375. The molecule has 0 atom stereocenters. The number of nitrogens with zero attached hydrogens (tertiary/aromatic N) is 1. The van der Waals surface area contributed by atoms with Gasteiger partial charge in [-0.15, -0.1) is 0 Å². The largest absolute Gasteiger partial charge is 0.315 e. The van der Waals surface area contributed by atoms with E-state index in [1.54, 1.807) is 12.3 Å². The average Bonchev–Trinajstić information content (AvgIpc) is 1.91. The van der Waals surface area contributed by atoms with Gasteiger partial charge in [0.25, 0.3) is 0 Å². The molecular weight excluding hydrogens is 195 g/mol. The van der Waals surface area contributed by atoms with Gasteiger partial charge in [-0.1, -0.05) is 23.2 Å². The number of aromatic nitrogens is 1. The molecular formula is C8H8Cl2N2. The van der Waals surface area contributed by atoms with Crippen LogP contribution < -0.4 is 5.32 Å². The summed E-state index contributed by atoms with van der Waals surface area (Å²) >= 11 is 11.7. The van der Waals surface area contributed by atoms with Crippen LogP contribution in [0.3, 0.4) is 0 Å². The highest BCUT2D eigenvalue weighted by Gasteiger charge is 2.22. The minimum absolute atomic E-state index is 0.467. The van der Waals surface area contributed by atoms with Crippen LogP contribution in [0.15, 0.2) is 12.3 Å². The standard InChI is InChI=1S/C8H8Cl2N2/c9-6-1-7(10)8(12-4-6)5-2-11-3-5/h1,4-5,11H,2-3H2. The van der Waals surface area contributed by atoms with Crippen molar-refractivity contribution in [1.82, 2.24) is 10.3 Å². The summed E-state index contributed by atoms with van der Waals surface area (Å²) in [7, 11) is 0. The van der Waals surface area contributed by atoms with Gasteiger partial charge in [-0.2, -0.15) is 0 Å². The van der Waals surface area contributed by atoms with Gasteiger partial charge in [-0.05, 0) is 6.07 Å². The third-order valence-electron chi connectivity index (χ3n) is 2.00. The maximum Gasteiger partial charge on any atom is 0.0647 e. The fourth-order valence-corrected chi connectivity index (χ4v) is 1.74. The Labute approximate surface area is 80.9 Å². The Bertz CT molecular complexity index is 297.